The van der Waals surface area contributed by atoms with Crippen LogP contribution in [0.1, 0.15) is 25.3 Å². The van der Waals surface area contributed by atoms with E-state index >= 15 is 0 Å². The molecule has 0 aliphatic rings. The minimum absolute atomic E-state index is 0.161. The predicted octanol–water partition coefficient (Wildman–Crippen LogP) is 4.72. The first-order valence-corrected chi connectivity index (χ1v) is 10.6. The molecule has 27 heavy (non-hydrogen) atoms. The number of thiazole rings is 1. The van der Waals surface area contributed by atoms with Crippen LogP contribution < -0.4 is 10.2 Å². The van der Waals surface area contributed by atoms with Crippen molar-refractivity contribution in [1.82, 2.24) is 10.4 Å². The molecule has 140 valence electrons. The van der Waals surface area contributed by atoms with E-state index in [1.165, 1.54) is 11.8 Å². The van der Waals surface area contributed by atoms with Crippen molar-refractivity contribution in [3.05, 3.63) is 54.1 Å². The molecule has 0 unspecified atom stereocenters. The van der Waals surface area contributed by atoms with E-state index in [-0.39, 0.29) is 11.7 Å². The second-order valence-corrected chi connectivity index (χ2v) is 8.06. The van der Waals surface area contributed by atoms with Crippen LogP contribution in [0.25, 0.3) is 10.2 Å². The Morgan fingerprint density at radius 2 is 2.19 bits per heavy atom. The topological polar surface area (TPSA) is 63.6 Å². The summed E-state index contributed by atoms with van der Waals surface area (Å²) in [5.41, 5.74) is 4.39. The maximum atomic E-state index is 12.0. The number of carbonyl (C=O) groups excluding carboxylic acids is 1. The number of carbonyl (C=O) groups is 1. The number of unbranched alkanes of at least 4 members (excludes halogenated alkanes) is 1. The number of amides is 1. The zero-order valence-corrected chi connectivity index (χ0v) is 16.7. The van der Waals surface area contributed by atoms with Gasteiger partial charge in [0.1, 0.15) is 5.75 Å². The fourth-order valence-corrected chi connectivity index (χ4v) is 4.13. The van der Waals surface area contributed by atoms with E-state index in [1.54, 1.807) is 17.6 Å². The van der Waals surface area contributed by atoms with Gasteiger partial charge in [-0.15, -0.1) is 11.3 Å². The number of hydrogen-bond acceptors (Lipinski definition) is 6. The molecule has 0 aliphatic carbocycles. The average molecular weight is 400 g/mol. The number of hydrogen-bond donors (Lipinski definition) is 1. The normalized spacial score (nSPS) is 11.1. The lowest BCUT2D eigenvalue weighted by atomic mass is 10.2. The van der Waals surface area contributed by atoms with Crippen LogP contribution in [0, 0.1) is 0 Å². The molecule has 0 spiro atoms. The van der Waals surface area contributed by atoms with Gasteiger partial charge in [-0.3, -0.25) is 4.79 Å². The van der Waals surface area contributed by atoms with Gasteiger partial charge in [0.05, 0.1) is 28.8 Å². The molecule has 0 saturated heterocycles. The van der Waals surface area contributed by atoms with Gasteiger partial charge in [-0.25, -0.2) is 10.4 Å². The summed E-state index contributed by atoms with van der Waals surface area (Å²) in [6, 6.07) is 15.6. The molecule has 3 rings (SSSR count). The summed E-state index contributed by atoms with van der Waals surface area (Å²) < 4.78 is 7.68. The Morgan fingerprint density at radius 1 is 1.30 bits per heavy atom. The molecule has 5 nitrogen and oxygen atoms in total. The van der Waals surface area contributed by atoms with E-state index in [4.69, 9.17) is 4.74 Å². The lowest BCUT2D eigenvalue weighted by molar-refractivity contribution is -0.118. The molecule has 7 heteroatoms. The summed E-state index contributed by atoms with van der Waals surface area (Å²) >= 11 is 3.00. The zero-order chi connectivity index (χ0) is 18.9. The van der Waals surface area contributed by atoms with Gasteiger partial charge in [0.25, 0.3) is 5.91 Å². The number of thioether (sulfide) groups is 1. The predicted molar refractivity (Wildman–Crippen MR) is 113 cm³/mol. The Hall–Kier alpha value is -2.38. The first-order valence-electron chi connectivity index (χ1n) is 8.78. The van der Waals surface area contributed by atoms with Gasteiger partial charge in [-0.1, -0.05) is 49.4 Å². The van der Waals surface area contributed by atoms with Gasteiger partial charge < -0.3 is 4.74 Å². The van der Waals surface area contributed by atoms with Crippen LogP contribution in [-0.4, -0.2) is 29.5 Å². The fourth-order valence-electron chi connectivity index (χ4n) is 2.27. The van der Waals surface area contributed by atoms with Crippen LogP contribution in [0.2, 0.25) is 0 Å². The SMILES string of the molecule is CCCCOc1cccc(/C=N\NC(=O)CSc2nc3ccccc3s2)c1. The second kappa shape index (κ2) is 10.1. The summed E-state index contributed by atoms with van der Waals surface area (Å²) in [4.78, 5) is 16.5. The Morgan fingerprint density at radius 3 is 3.04 bits per heavy atom. The number of fused-ring (bicyclic) bond motifs is 1. The zero-order valence-electron chi connectivity index (χ0n) is 15.1. The van der Waals surface area contributed by atoms with Gasteiger partial charge in [0.15, 0.2) is 4.34 Å². The number of aromatic nitrogens is 1. The molecule has 1 amide bonds. The standard InChI is InChI=1S/C20H21N3O2S2/c1-2-3-11-25-16-8-6-7-15(12-16)13-21-23-19(24)14-26-20-22-17-9-4-5-10-18(17)27-20/h4-10,12-13H,2-3,11,14H2,1H3,(H,23,24)/b21-13-. The fraction of sp³-hybridized carbons (Fsp3) is 0.250. The van der Waals surface area contributed by atoms with E-state index in [9.17, 15) is 4.79 Å². The molecule has 0 saturated carbocycles. The van der Waals surface area contributed by atoms with Crippen LogP contribution in [0.3, 0.4) is 0 Å². The van der Waals surface area contributed by atoms with E-state index in [0.717, 1.165) is 38.7 Å². The monoisotopic (exact) mass is 399 g/mol. The van der Waals surface area contributed by atoms with E-state index in [0.29, 0.717) is 6.61 Å². The maximum absolute atomic E-state index is 12.0. The largest absolute Gasteiger partial charge is 0.494 e. The molecule has 1 heterocycles. The van der Waals surface area contributed by atoms with Crippen LogP contribution in [0.15, 0.2) is 58.0 Å². The highest BCUT2D eigenvalue weighted by atomic mass is 32.2. The number of nitrogens with zero attached hydrogens (tertiary/aromatic N) is 2. The van der Waals surface area contributed by atoms with Crippen LogP contribution in [-0.2, 0) is 4.79 Å². The number of para-hydroxylation sites is 1. The van der Waals surface area contributed by atoms with Crippen molar-refractivity contribution >= 4 is 45.4 Å². The Labute approximate surface area is 166 Å². The van der Waals surface area contributed by atoms with Gasteiger partial charge in [0.2, 0.25) is 0 Å². The summed E-state index contributed by atoms with van der Waals surface area (Å²) in [5.74, 6) is 0.924. The molecule has 1 aromatic heterocycles. The highest BCUT2D eigenvalue weighted by Crippen LogP contribution is 2.28. The van der Waals surface area contributed by atoms with Crippen LogP contribution in [0.5, 0.6) is 5.75 Å². The highest BCUT2D eigenvalue weighted by Gasteiger charge is 2.06. The summed E-state index contributed by atoms with van der Waals surface area (Å²) in [6.45, 7) is 2.83. The van der Waals surface area contributed by atoms with Crippen LogP contribution >= 0.6 is 23.1 Å². The maximum Gasteiger partial charge on any atom is 0.250 e. The third kappa shape index (κ3) is 6.08. The number of nitrogens with one attached hydrogen (secondary N) is 1. The number of rotatable bonds is 9. The van der Waals surface area contributed by atoms with Crippen molar-refractivity contribution in [2.45, 2.75) is 24.1 Å². The molecule has 0 aliphatic heterocycles. The summed E-state index contributed by atoms with van der Waals surface area (Å²) in [7, 11) is 0. The molecule has 1 N–H and O–H groups in total. The molecule has 0 bridgehead atoms. The first-order chi connectivity index (χ1) is 13.2. The molecule has 0 atom stereocenters. The molecular formula is C20H21N3O2S2. The Bertz CT molecular complexity index is 891. The van der Waals surface area contributed by atoms with E-state index in [1.807, 2.05) is 48.5 Å². The third-order valence-electron chi connectivity index (χ3n) is 3.63. The van der Waals surface area contributed by atoms with Crippen LogP contribution in [0.4, 0.5) is 0 Å². The molecular weight excluding hydrogens is 378 g/mol. The van der Waals surface area contributed by atoms with Crippen molar-refractivity contribution in [2.24, 2.45) is 5.10 Å². The summed E-state index contributed by atoms with van der Waals surface area (Å²) in [5, 5.41) is 4.02. The van der Waals surface area contributed by atoms with Crippen molar-refractivity contribution < 1.29 is 9.53 Å². The van der Waals surface area contributed by atoms with Crippen molar-refractivity contribution in [3.8, 4) is 5.75 Å². The Kier molecular flexibility index (Phi) is 7.24. The second-order valence-electron chi connectivity index (χ2n) is 5.80. The summed E-state index contributed by atoms with van der Waals surface area (Å²) in [6.07, 6.45) is 3.75. The average Bonchev–Trinajstić information content (AvgIpc) is 3.10. The van der Waals surface area contributed by atoms with Gasteiger partial charge in [0, 0.05) is 0 Å². The molecule has 2 aromatic carbocycles. The smallest absolute Gasteiger partial charge is 0.250 e. The van der Waals surface area contributed by atoms with E-state index in [2.05, 4.69) is 22.4 Å². The Balaban J connectivity index is 1.46. The molecule has 3 aromatic rings. The lowest BCUT2D eigenvalue weighted by Gasteiger charge is -2.05. The third-order valence-corrected chi connectivity index (χ3v) is 5.81. The van der Waals surface area contributed by atoms with Crippen molar-refractivity contribution in [1.29, 1.82) is 0 Å². The van der Waals surface area contributed by atoms with Gasteiger partial charge in [-0.05, 0) is 36.2 Å². The van der Waals surface area contributed by atoms with Crippen molar-refractivity contribution in [3.63, 3.8) is 0 Å². The first kappa shape index (κ1) is 19.4. The molecule has 0 fully saturated rings. The minimum atomic E-state index is -0.161. The van der Waals surface area contributed by atoms with E-state index < -0.39 is 0 Å². The van der Waals surface area contributed by atoms with Crippen molar-refractivity contribution in [2.75, 3.05) is 12.4 Å². The minimum Gasteiger partial charge on any atom is -0.494 e. The quantitative estimate of drug-likeness (QED) is 0.245. The molecule has 0 radical (unpaired) electrons. The number of ether oxygens (including phenoxy) is 1. The van der Waals surface area contributed by atoms with Gasteiger partial charge >= 0.3 is 0 Å². The van der Waals surface area contributed by atoms with Gasteiger partial charge in [-0.2, -0.15) is 5.10 Å². The highest BCUT2D eigenvalue weighted by molar-refractivity contribution is 8.01. The number of hydrazone groups is 1. The lowest BCUT2D eigenvalue weighted by Crippen LogP contribution is -2.19. The number of benzene rings is 2.